The summed E-state index contributed by atoms with van der Waals surface area (Å²) in [7, 11) is -4.58. The van der Waals surface area contributed by atoms with Crippen LogP contribution >= 0.6 is 7.75 Å². The van der Waals surface area contributed by atoms with Gasteiger partial charge in [-0.15, -0.1) is 0 Å². The molecular weight excluding hydrogens is 537 g/mol. The van der Waals surface area contributed by atoms with Crippen LogP contribution in [0.2, 0.25) is 0 Å². The van der Waals surface area contributed by atoms with Gasteiger partial charge in [-0.25, -0.2) is 14.1 Å². The fourth-order valence-electron chi connectivity index (χ4n) is 3.93. The van der Waals surface area contributed by atoms with E-state index in [1.807, 2.05) is 0 Å². The molecule has 1 fully saturated rings. The second-order valence-electron chi connectivity index (χ2n) is 8.40. The predicted octanol–water partition coefficient (Wildman–Crippen LogP) is 1.06. The van der Waals surface area contributed by atoms with Crippen molar-refractivity contribution in [3.05, 3.63) is 64.9 Å². The van der Waals surface area contributed by atoms with Crippen molar-refractivity contribution in [3.8, 4) is 11.8 Å². The van der Waals surface area contributed by atoms with Gasteiger partial charge in [-0.3, -0.25) is 9.32 Å². The molecule has 0 bridgehead atoms. The summed E-state index contributed by atoms with van der Waals surface area (Å²) in [4.78, 5) is 17.9. The molecule has 4 rings (SSSR count). The summed E-state index contributed by atoms with van der Waals surface area (Å²) in [5.41, 5.74) is 10.3. The minimum absolute atomic E-state index is 0.0278. The number of rotatable bonds is 10. The van der Waals surface area contributed by atoms with Gasteiger partial charge in [0.05, 0.1) is 12.3 Å². The molecule has 3 heterocycles. The number of carboxylic acid groups (broad SMARTS) is 1. The standard InChI is InChI=1S/C21H22N9O8P/c1-12(19(33)34)27-39(35,37-13-5-3-2-4-6-13)36-10-21(28-29-24)17(32)16(31)20(9-22,38-21)15-8-7-14-18(23)25-11-26-30(14)15/h2-8,11-12,16-17,31-32H,10H2,1H3,(H,27,35)(H,33,34)(H2,23,25,26)/t12-,16-,17+,20+,21-,39?/m1/s1. The lowest BCUT2D eigenvalue weighted by Gasteiger charge is -2.30. The van der Waals surface area contributed by atoms with E-state index in [0.29, 0.717) is 0 Å². The number of azide groups is 1. The van der Waals surface area contributed by atoms with E-state index in [4.69, 9.17) is 19.5 Å². The van der Waals surface area contributed by atoms with Crippen LogP contribution in [0.4, 0.5) is 5.82 Å². The molecule has 1 aliphatic heterocycles. The number of aromatic nitrogens is 3. The third kappa shape index (κ3) is 4.97. The number of aliphatic hydroxyl groups excluding tert-OH is 2. The molecule has 1 aromatic carbocycles. The van der Waals surface area contributed by atoms with E-state index in [1.165, 1.54) is 31.2 Å². The molecule has 0 amide bonds. The molecule has 204 valence electrons. The van der Waals surface area contributed by atoms with E-state index in [2.05, 4.69) is 25.2 Å². The first-order valence-electron chi connectivity index (χ1n) is 11.1. The van der Waals surface area contributed by atoms with E-state index in [0.717, 1.165) is 10.8 Å². The molecule has 0 aliphatic carbocycles. The van der Waals surface area contributed by atoms with E-state index >= 15 is 0 Å². The number of nitrogens with one attached hydrogen (secondary N) is 1. The molecule has 1 unspecified atom stereocenters. The zero-order chi connectivity index (χ0) is 28.4. The van der Waals surface area contributed by atoms with Gasteiger partial charge in [-0.1, -0.05) is 23.3 Å². The molecule has 17 nitrogen and oxygen atoms in total. The van der Waals surface area contributed by atoms with Gasteiger partial charge in [-0.2, -0.15) is 15.4 Å². The number of anilines is 1. The number of fused-ring (bicyclic) bond motifs is 1. The van der Waals surface area contributed by atoms with Gasteiger partial charge >= 0.3 is 13.7 Å². The Kier molecular flexibility index (Phi) is 7.46. The number of hydrogen-bond acceptors (Lipinski definition) is 12. The van der Waals surface area contributed by atoms with Crippen LogP contribution in [-0.2, 0) is 24.2 Å². The predicted molar refractivity (Wildman–Crippen MR) is 131 cm³/mol. The van der Waals surface area contributed by atoms with E-state index in [1.54, 1.807) is 24.3 Å². The van der Waals surface area contributed by atoms with Crippen LogP contribution in [0.3, 0.4) is 0 Å². The maximum absolute atomic E-state index is 13.6. The van der Waals surface area contributed by atoms with E-state index < -0.39 is 49.9 Å². The van der Waals surface area contributed by atoms with Gasteiger partial charge in [0, 0.05) is 4.91 Å². The van der Waals surface area contributed by atoms with Gasteiger partial charge in [-0.05, 0) is 36.7 Å². The highest BCUT2D eigenvalue weighted by molar-refractivity contribution is 7.52. The molecule has 0 radical (unpaired) electrons. The summed E-state index contributed by atoms with van der Waals surface area (Å²) in [6.07, 6.45) is -3.07. The number of nitrogen functional groups attached to an aromatic ring is 1. The lowest BCUT2D eigenvalue weighted by Crippen LogP contribution is -2.46. The van der Waals surface area contributed by atoms with Crippen molar-refractivity contribution in [2.75, 3.05) is 12.3 Å². The Morgan fingerprint density at radius 1 is 1.38 bits per heavy atom. The maximum Gasteiger partial charge on any atom is 0.459 e. The average Bonchev–Trinajstić information content (AvgIpc) is 3.44. The number of hydrogen-bond donors (Lipinski definition) is 5. The Balaban J connectivity index is 1.73. The molecule has 6 atom stereocenters. The molecule has 0 saturated carbocycles. The smallest absolute Gasteiger partial charge is 0.459 e. The van der Waals surface area contributed by atoms with Crippen LogP contribution in [0.25, 0.3) is 16.0 Å². The maximum atomic E-state index is 13.6. The van der Waals surface area contributed by atoms with Gasteiger partial charge in [0.2, 0.25) is 11.3 Å². The molecule has 39 heavy (non-hydrogen) atoms. The van der Waals surface area contributed by atoms with Gasteiger partial charge in [0.25, 0.3) is 0 Å². The number of nitrogens with zero attached hydrogens (tertiary/aromatic N) is 7. The minimum Gasteiger partial charge on any atom is -0.480 e. The summed E-state index contributed by atoms with van der Waals surface area (Å²) in [6, 6.07) is 10.7. The summed E-state index contributed by atoms with van der Waals surface area (Å²) >= 11 is 0. The molecule has 1 saturated heterocycles. The fraction of sp³-hybridized carbons (Fsp3) is 0.333. The number of aliphatic carboxylic acids is 1. The summed E-state index contributed by atoms with van der Waals surface area (Å²) in [5, 5.41) is 51.2. The fourth-order valence-corrected chi connectivity index (χ4v) is 5.45. The van der Waals surface area contributed by atoms with E-state index in [-0.39, 0.29) is 22.8 Å². The number of carboxylic acids is 1. The largest absolute Gasteiger partial charge is 0.480 e. The van der Waals surface area contributed by atoms with Crippen molar-refractivity contribution in [2.45, 2.75) is 36.5 Å². The second kappa shape index (κ2) is 10.5. The molecule has 1 aliphatic rings. The SMILES string of the molecule is C[C@@H](NP(=O)(OC[C@@]1(N=[N+]=[N-])O[C@@](C#N)(c2ccc3c(N)ncnn23)[C@H](O)[C@@H]1O)Oc1ccccc1)C(=O)O. The lowest BCUT2D eigenvalue weighted by atomic mass is 9.91. The zero-order valence-electron chi connectivity index (χ0n) is 20.1. The Morgan fingerprint density at radius 2 is 2.10 bits per heavy atom. The van der Waals surface area contributed by atoms with Crippen LogP contribution in [0.15, 0.2) is 53.9 Å². The lowest BCUT2D eigenvalue weighted by molar-refractivity contribution is -0.138. The van der Waals surface area contributed by atoms with Crippen molar-refractivity contribution in [3.63, 3.8) is 0 Å². The zero-order valence-corrected chi connectivity index (χ0v) is 21.0. The number of nitriles is 1. The van der Waals surface area contributed by atoms with Crippen LogP contribution in [0.1, 0.15) is 12.6 Å². The topological polar surface area (TPSA) is 263 Å². The minimum atomic E-state index is -4.58. The summed E-state index contributed by atoms with van der Waals surface area (Å²) in [6.45, 7) is 0.120. The first-order chi connectivity index (χ1) is 18.5. The monoisotopic (exact) mass is 559 g/mol. The first kappa shape index (κ1) is 27.8. The molecule has 2 aromatic heterocycles. The Morgan fingerprint density at radius 3 is 2.74 bits per heavy atom. The van der Waals surface area contributed by atoms with Crippen molar-refractivity contribution in [1.29, 1.82) is 5.26 Å². The Hall–Kier alpha value is -4.26. The Labute approximate surface area is 219 Å². The average molecular weight is 559 g/mol. The van der Waals surface area contributed by atoms with Crippen LogP contribution in [-0.4, -0.2) is 66.5 Å². The molecule has 3 aromatic rings. The first-order valence-corrected chi connectivity index (χ1v) is 12.7. The molecular formula is C21H22N9O8P. The van der Waals surface area contributed by atoms with E-state index in [9.17, 15) is 35.5 Å². The molecule has 18 heteroatoms. The number of carbonyl (C=O) groups is 1. The number of nitrogens with two attached hydrogens (primary N) is 1. The summed E-state index contributed by atoms with van der Waals surface area (Å²) in [5.74, 6) is -1.32. The van der Waals surface area contributed by atoms with Gasteiger partial charge in [0.15, 0.2) is 5.82 Å². The van der Waals surface area contributed by atoms with Gasteiger partial charge < -0.3 is 30.3 Å². The highest BCUT2D eigenvalue weighted by atomic mass is 31.2. The van der Waals surface area contributed by atoms with Crippen molar-refractivity contribution in [2.24, 2.45) is 5.11 Å². The van der Waals surface area contributed by atoms with Crippen molar-refractivity contribution in [1.82, 2.24) is 19.7 Å². The van der Waals surface area contributed by atoms with Crippen molar-refractivity contribution < 1.29 is 38.5 Å². The van der Waals surface area contributed by atoms with Crippen LogP contribution < -0.4 is 15.3 Å². The second-order valence-corrected chi connectivity index (χ2v) is 10.1. The van der Waals surface area contributed by atoms with Crippen LogP contribution in [0, 0.1) is 11.3 Å². The highest BCUT2D eigenvalue weighted by Crippen LogP contribution is 2.50. The number of ether oxygens (including phenoxy) is 1. The number of benzene rings is 1. The van der Waals surface area contributed by atoms with Crippen molar-refractivity contribution >= 4 is 25.1 Å². The quantitative estimate of drug-likeness (QED) is 0.101. The third-order valence-electron chi connectivity index (χ3n) is 5.89. The Bertz CT molecular complexity index is 1520. The van der Waals surface area contributed by atoms with Crippen LogP contribution in [0.5, 0.6) is 5.75 Å². The van der Waals surface area contributed by atoms with Gasteiger partial charge in [0.1, 0.15) is 41.9 Å². The highest BCUT2D eigenvalue weighted by Gasteiger charge is 2.65. The molecule has 6 N–H and O–H groups in total. The third-order valence-corrected chi connectivity index (χ3v) is 7.51. The number of para-hydroxylation sites is 1. The normalized spacial score (nSPS) is 26.7. The summed E-state index contributed by atoms with van der Waals surface area (Å²) < 4.78 is 31.4. The molecule has 0 spiro atoms. The number of aliphatic hydroxyl groups is 2.